The molecule has 160 valence electrons. The SMILES string of the molecule is CC(C)(C)OC(=O)N1CC2CN(C3CC(C)(C)N(O)C(C)(C)C3)CC(C1)C2=O. The molecule has 7 heteroatoms. The molecular weight excluding hydrogens is 358 g/mol. The molecule has 0 aromatic rings. The number of carbonyl (C=O) groups excluding carboxylic acids is 2. The molecule has 3 aliphatic rings. The van der Waals surface area contributed by atoms with Crippen LogP contribution in [0.2, 0.25) is 0 Å². The summed E-state index contributed by atoms with van der Waals surface area (Å²) in [6, 6.07) is 0.319. The molecule has 28 heavy (non-hydrogen) atoms. The molecule has 0 aromatic heterocycles. The van der Waals surface area contributed by atoms with Crippen molar-refractivity contribution in [3.05, 3.63) is 0 Å². The fourth-order valence-electron chi connectivity index (χ4n) is 5.31. The summed E-state index contributed by atoms with van der Waals surface area (Å²) in [4.78, 5) is 29.4. The standard InChI is InChI=1S/C21H37N3O4/c1-19(2,3)28-18(26)23-12-14-10-22(11-15(13-23)17(14)25)16-8-20(4,5)24(27)21(6,7)9-16/h14-16,27H,8-13H2,1-7H3. The fourth-order valence-corrected chi connectivity index (χ4v) is 5.31. The van der Waals surface area contributed by atoms with Crippen LogP contribution in [0.4, 0.5) is 4.79 Å². The molecule has 2 atom stereocenters. The molecule has 3 saturated heterocycles. The van der Waals surface area contributed by atoms with Crippen LogP contribution in [-0.2, 0) is 9.53 Å². The van der Waals surface area contributed by atoms with Crippen LogP contribution in [0.1, 0.15) is 61.3 Å². The highest BCUT2D eigenvalue weighted by molar-refractivity contribution is 5.87. The van der Waals surface area contributed by atoms with Crippen LogP contribution in [0.5, 0.6) is 0 Å². The molecule has 2 unspecified atom stereocenters. The minimum atomic E-state index is -0.533. The van der Waals surface area contributed by atoms with E-state index in [1.165, 1.54) is 5.06 Å². The molecular formula is C21H37N3O4. The second-order valence-electron chi connectivity index (χ2n) is 11.1. The summed E-state index contributed by atoms with van der Waals surface area (Å²) in [6.07, 6.45) is 1.39. The lowest BCUT2D eigenvalue weighted by Crippen LogP contribution is -2.66. The highest BCUT2D eigenvalue weighted by atomic mass is 16.6. The Bertz CT molecular complexity index is 604. The molecule has 7 nitrogen and oxygen atoms in total. The number of fused-ring (bicyclic) bond motifs is 2. The van der Waals surface area contributed by atoms with E-state index in [4.69, 9.17) is 4.74 Å². The van der Waals surface area contributed by atoms with Crippen molar-refractivity contribution in [2.45, 2.75) is 84.0 Å². The number of Topliss-reactive ketones (excluding diaryl/α,β-unsaturated/α-hetero) is 1. The van der Waals surface area contributed by atoms with Gasteiger partial charge < -0.3 is 14.8 Å². The van der Waals surface area contributed by atoms with Crippen LogP contribution in [0.25, 0.3) is 0 Å². The highest BCUT2D eigenvalue weighted by Crippen LogP contribution is 2.40. The Kier molecular flexibility index (Phi) is 5.35. The van der Waals surface area contributed by atoms with E-state index in [0.717, 1.165) is 12.8 Å². The summed E-state index contributed by atoms with van der Waals surface area (Å²) in [5.41, 5.74) is -1.16. The number of hydrogen-bond acceptors (Lipinski definition) is 6. The number of rotatable bonds is 1. The third kappa shape index (κ3) is 4.21. The van der Waals surface area contributed by atoms with Gasteiger partial charge in [-0.2, -0.15) is 5.06 Å². The Morgan fingerprint density at radius 1 is 1.00 bits per heavy atom. The lowest BCUT2D eigenvalue weighted by Gasteiger charge is -2.55. The maximum Gasteiger partial charge on any atom is 0.410 e. The Labute approximate surface area is 168 Å². The van der Waals surface area contributed by atoms with E-state index in [2.05, 4.69) is 32.6 Å². The van der Waals surface area contributed by atoms with Crippen LogP contribution >= 0.6 is 0 Å². The number of piperidine rings is 3. The lowest BCUT2D eigenvalue weighted by atomic mass is 9.76. The number of carbonyl (C=O) groups is 2. The molecule has 2 bridgehead atoms. The molecule has 0 spiro atoms. The van der Waals surface area contributed by atoms with Crippen molar-refractivity contribution in [2.24, 2.45) is 11.8 Å². The van der Waals surface area contributed by atoms with E-state index in [0.29, 0.717) is 32.2 Å². The van der Waals surface area contributed by atoms with E-state index in [9.17, 15) is 14.8 Å². The molecule has 0 aromatic carbocycles. The van der Waals surface area contributed by atoms with Crippen molar-refractivity contribution in [2.75, 3.05) is 26.2 Å². The molecule has 1 amide bonds. The number of amides is 1. The summed E-state index contributed by atoms with van der Waals surface area (Å²) in [5.74, 6) is -0.0222. The number of nitrogens with zero attached hydrogens (tertiary/aromatic N) is 3. The van der Waals surface area contributed by atoms with Gasteiger partial charge in [0.1, 0.15) is 11.4 Å². The second kappa shape index (κ2) is 6.96. The normalized spacial score (nSPS) is 31.7. The van der Waals surface area contributed by atoms with E-state index in [-0.39, 0.29) is 34.8 Å². The third-order valence-electron chi connectivity index (χ3n) is 6.38. The number of hydroxylamine groups is 2. The summed E-state index contributed by atoms with van der Waals surface area (Å²) in [7, 11) is 0. The van der Waals surface area contributed by atoms with Crippen LogP contribution in [0.3, 0.4) is 0 Å². The van der Waals surface area contributed by atoms with Gasteiger partial charge >= 0.3 is 6.09 Å². The highest BCUT2D eigenvalue weighted by Gasteiger charge is 2.50. The van der Waals surface area contributed by atoms with Crippen molar-refractivity contribution >= 4 is 11.9 Å². The number of ether oxygens (including phenoxy) is 1. The average molecular weight is 396 g/mol. The predicted octanol–water partition coefficient (Wildman–Crippen LogP) is 2.77. The molecule has 0 aliphatic carbocycles. The van der Waals surface area contributed by atoms with Crippen molar-refractivity contribution in [3.63, 3.8) is 0 Å². The van der Waals surface area contributed by atoms with Crippen molar-refractivity contribution in [3.8, 4) is 0 Å². The Balaban J connectivity index is 1.70. The average Bonchev–Trinajstić information content (AvgIpc) is 2.49. The van der Waals surface area contributed by atoms with Crippen molar-refractivity contribution < 1.29 is 19.5 Å². The molecule has 0 saturated carbocycles. The van der Waals surface area contributed by atoms with Gasteiger partial charge in [-0.1, -0.05) is 0 Å². The third-order valence-corrected chi connectivity index (χ3v) is 6.38. The number of ketones is 1. The summed E-state index contributed by atoms with van der Waals surface area (Å²) >= 11 is 0. The van der Waals surface area contributed by atoms with E-state index >= 15 is 0 Å². The van der Waals surface area contributed by atoms with Gasteiger partial charge in [0.05, 0.1) is 0 Å². The topological polar surface area (TPSA) is 73.3 Å². The number of hydrogen-bond donors (Lipinski definition) is 1. The minimum absolute atomic E-state index is 0.154. The largest absolute Gasteiger partial charge is 0.444 e. The van der Waals surface area contributed by atoms with Gasteiger partial charge in [-0.25, -0.2) is 4.79 Å². The second-order valence-corrected chi connectivity index (χ2v) is 11.1. The number of likely N-dealkylation sites (tertiary alicyclic amines) is 2. The summed E-state index contributed by atoms with van der Waals surface area (Å²) in [6.45, 7) is 16.1. The van der Waals surface area contributed by atoms with Crippen LogP contribution in [0, 0.1) is 11.8 Å². The van der Waals surface area contributed by atoms with Gasteiger partial charge in [0.15, 0.2) is 0 Å². The van der Waals surface area contributed by atoms with E-state index < -0.39 is 5.60 Å². The van der Waals surface area contributed by atoms with Crippen molar-refractivity contribution in [1.29, 1.82) is 0 Å². The first-order valence-electron chi connectivity index (χ1n) is 10.4. The lowest BCUT2D eigenvalue weighted by molar-refractivity contribution is -0.253. The van der Waals surface area contributed by atoms with Gasteiger partial charge in [-0.3, -0.25) is 9.69 Å². The first-order valence-corrected chi connectivity index (χ1v) is 10.4. The van der Waals surface area contributed by atoms with Crippen LogP contribution in [0.15, 0.2) is 0 Å². The minimum Gasteiger partial charge on any atom is -0.444 e. The van der Waals surface area contributed by atoms with Gasteiger partial charge in [-0.15, -0.1) is 0 Å². The molecule has 3 rings (SSSR count). The maximum absolute atomic E-state index is 12.7. The Hall–Kier alpha value is -1.18. The summed E-state index contributed by atoms with van der Waals surface area (Å²) < 4.78 is 5.52. The monoisotopic (exact) mass is 395 g/mol. The Morgan fingerprint density at radius 3 is 1.89 bits per heavy atom. The maximum atomic E-state index is 12.7. The van der Waals surface area contributed by atoms with Crippen LogP contribution < -0.4 is 0 Å². The molecule has 1 N–H and O–H groups in total. The zero-order valence-corrected chi connectivity index (χ0v) is 18.5. The van der Waals surface area contributed by atoms with Gasteiger partial charge in [0.2, 0.25) is 0 Å². The molecule has 3 aliphatic heterocycles. The molecule has 0 radical (unpaired) electrons. The van der Waals surface area contributed by atoms with Crippen LogP contribution in [-0.4, -0.2) is 80.8 Å². The zero-order chi connectivity index (χ0) is 21.1. The first kappa shape index (κ1) is 21.5. The van der Waals surface area contributed by atoms with Gasteiger partial charge in [-0.05, 0) is 61.3 Å². The first-order chi connectivity index (χ1) is 12.7. The molecule has 3 heterocycles. The predicted molar refractivity (Wildman–Crippen MR) is 106 cm³/mol. The van der Waals surface area contributed by atoms with E-state index in [1.807, 2.05) is 20.8 Å². The fraction of sp³-hybridized carbons (Fsp3) is 0.905. The Morgan fingerprint density at radius 2 is 1.46 bits per heavy atom. The van der Waals surface area contributed by atoms with E-state index in [1.54, 1.807) is 4.90 Å². The molecule has 3 fully saturated rings. The smallest absolute Gasteiger partial charge is 0.410 e. The van der Waals surface area contributed by atoms with Crippen molar-refractivity contribution in [1.82, 2.24) is 14.9 Å². The van der Waals surface area contributed by atoms with Gasteiger partial charge in [0, 0.05) is 55.1 Å². The van der Waals surface area contributed by atoms with Gasteiger partial charge in [0.25, 0.3) is 0 Å². The quantitative estimate of drug-likeness (QED) is 0.736. The summed E-state index contributed by atoms with van der Waals surface area (Å²) in [5, 5.41) is 12.1. The zero-order valence-electron chi connectivity index (χ0n) is 18.5.